The topological polar surface area (TPSA) is 99.0 Å². The lowest BCUT2D eigenvalue weighted by Crippen LogP contribution is -2.59. The summed E-state index contributed by atoms with van der Waals surface area (Å²) in [6, 6.07) is -0.616. The molecule has 0 aliphatic carbocycles. The second-order valence-corrected chi connectivity index (χ2v) is 3.56. The lowest BCUT2D eigenvalue weighted by atomic mass is 9.98. The van der Waals surface area contributed by atoms with Gasteiger partial charge in [-0.1, -0.05) is 6.92 Å². The van der Waals surface area contributed by atoms with Gasteiger partial charge in [0, 0.05) is 6.42 Å². The zero-order valence-corrected chi connectivity index (χ0v) is 8.59. The fourth-order valence-electron chi connectivity index (χ4n) is 1.48. The van der Waals surface area contributed by atoms with E-state index in [0.717, 1.165) is 0 Å². The highest BCUT2D eigenvalue weighted by Gasteiger charge is 2.38. The molecule has 0 radical (unpaired) electrons. The number of amides is 1. The van der Waals surface area contributed by atoms with Gasteiger partial charge in [-0.15, -0.1) is 0 Å². The first kappa shape index (κ1) is 12.4. The first-order chi connectivity index (χ1) is 7.10. The molecular formula is C9H17NO5. The molecule has 0 aromatic carbocycles. The molecule has 0 aromatic rings. The van der Waals surface area contributed by atoms with Crippen molar-refractivity contribution in [3.63, 3.8) is 0 Å². The van der Waals surface area contributed by atoms with E-state index in [4.69, 9.17) is 9.84 Å². The van der Waals surface area contributed by atoms with Crippen LogP contribution in [0.3, 0.4) is 0 Å². The predicted octanol–water partition coefficient (Wildman–Crippen LogP) is -2.01. The van der Waals surface area contributed by atoms with E-state index in [9.17, 15) is 15.0 Å². The Kier molecular flexibility index (Phi) is 4.46. The van der Waals surface area contributed by atoms with Crippen molar-refractivity contribution in [3.8, 4) is 0 Å². The summed E-state index contributed by atoms with van der Waals surface area (Å²) in [4.78, 5) is 11.1. The quantitative estimate of drug-likeness (QED) is 0.440. The standard InChI is InChI=1S/C9H17NO5/c1-2-7(12)10-5-4-15-6(3-11)9(14)8(5)13/h5-6,8-9,11,13-14H,2-4H2,1H3,(H,10,12)/t5-,6-,8-,9-/m1/s1. The molecule has 6 nitrogen and oxygen atoms in total. The summed E-state index contributed by atoms with van der Waals surface area (Å²) in [6.07, 6.45) is -2.75. The summed E-state index contributed by atoms with van der Waals surface area (Å²) in [5.41, 5.74) is 0. The molecule has 4 N–H and O–H groups in total. The maximum atomic E-state index is 11.1. The third-order valence-electron chi connectivity index (χ3n) is 2.48. The number of aliphatic hydroxyl groups is 3. The third kappa shape index (κ3) is 2.88. The Labute approximate surface area is 87.9 Å². The molecule has 1 fully saturated rings. The zero-order valence-electron chi connectivity index (χ0n) is 8.59. The van der Waals surface area contributed by atoms with Crippen LogP contribution in [0, 0.1) is 0 Å². The van der Waals surface area contributed by atoms with Crippen molar-refractivity contribution >= 4 is 5.91 Å². The van der Waals surface area contributed by atoms with E-state index in [0.29, 0.717) is 6.42 Å². The highest BCUT2D eigenvalue weighted by atomic mass is 16.5. The fourth-order valence-corrected chi connectivity index (χ4v) is 1.48. The SMILES string of the molecule is CCC(=O)N[C@@H]1CO[C@H](CO)[C@@H](O)[C@@H]1O. The lowest BCUT2D eigenvalue weighted by Gasteiger charge is -2.37. The van der Waals surface area contributed by atoms with Crippen molar-refractivity contribution in [2.45, 2.75) is 37.7 Å². The number of carbonyl (C=O) groups is 1. The Morgan fingerprint density at radius 3 is 2.67 bits per heavy atom. The van der Waals surface area contributed by atoms with Crippen molar-refractivity contribution < 1.29 is 24.9 Å². The van der Waals surface area contributed by atoms with Gasteiger partial charge < -0.3 is 25.4 Å². The maximum Gasteiger partial charge on any atom is 0.220 e. The molecule has 0 bridgehead atoms. The van der Waals surface area contributed by atoms with Gasteiger partial charge in [0.25, 0.3) is 0 Å². The van der Waals surface area contributed by atoms with Crippen LogP contribution in [0.2, 0.25) is 0 Å². The minimum atomic E-state index is -1.18. The largest absolute Gasteiger partial charge is 0.394 e. The van der Waals surface area contributed by atoms with Gasteiger partial charge in [0.05, 0.1) is 19.3 Å². The van der Waals surface area contributed by atoms with Gasteiger partial charge in [-0.2, -0.15) is 0 Å². The zero-order chi connectivity index (χ0) is 11.4. The Hall–Kier alpha value is -0.690. The van der Waals surface area contributed by atoms with Crippen molar-refractivity contribution in [2.75, 3.05) is 13.2 Å². The van der Waals surface area contributed by atoms with E-state index in [1.165, 1.54) is 0 Å². The number of hydrogen-bond acceptors (Lipinski definition) is 5. The van der Waals surface area contributed by atoms with Crippen molar-refractivity contribution in [1.29, 1.82) is 0 Å². The van der Waals surface area contributed by atoms with Crippen molar-refractivity contribution in [3.05, 3.63) is 0 Å². The minimum Gasteiger partial charge on any atom is -0.394 e. The van der Waals surface area contributed by atoms with Crippen LogP contribution >= 0.6 is 0 Å². The molecule has 4 atom stereocenters. The molecule has 1 heterocycles. The van der Waals surface area contributed by atoms with Gasteiger partial charge in [-0.05, 0) is 0 Å². The van der Waals surface area contributed by atoms with Gasteiger partial charge in [0.2, 0.25) is 5.91 Å². The van der Waals surface area contributed by atoms with Gasteiger partial charge in [-0.3, -0.25) is 4.79 Å². The highest BCUT2D eigenvalue weighted by Crippen LogP contribution is 2.15. The smallest absolute Gasteiger partial charge is 0.220 e. The van der Waals surface area contributed by atoms with Gasteiger partial charge in [0.15, 0.2) is 0 Å². The molecule has 1 amide bonds. The Morgan fingerprint density at radius 1 is 1.47 bits per heavy atom. The maximum absolute atomic E-state index is 11.1. The molecule has 0 unspecified atom stereocenters. The van der Waals surface area contributed by atoms with E-state index in [1.807, 2.05) is 0 Å². The van der Waals surface area contributed by atoms with E-state index in [2.05, 4.69) is 5.32 Å². The Morgan fingerprint density at radius 2 is 2.13 bits per heavy atom. The highest BCUT2D eigenvalue weighted by molar-refractivity contribution is 5.75. The van der Waals surface area contributed by atoms with Crippen LogP contribution in [0.25, 0.3) is 0 Å². The van der Waals surface area contributed by atoms with E-state index in [-0.39, 0.29) is 19.1 Å². The average molecular weight is 219 g/mol. The number of ether oxygens (including phenoxy) is 1. The minimum absolute atomic E-state index is 0.0925. The van der Waals surface area contributed by atoms with Crippen LogP contribution < -0.4 is 5.32 Å². The number of carbonyl (C=O) groups excluding carboxylic acids is 1. The summed E-state index contributed by atoms with van der Waals surface area (Å²) < 4.78 is 5.09. The summed E-state index contributed by atoms with van der Waals surface area (Å²) in [6.45, 7) is 1.43. The normalized spacial score (nSPS) is 36.3. The molecule has 1 rings (SSSR count). The van der Waals surface area contributed by atoms with E-state index < -0.39 is 24.4 Å². The molecule has 1 aliphatic heterocycles. The molecule has 6 heteroatoms. The molecule has 0 saturated carbocycles. The fraction of sp³-hybridized carbons (Fsp3) is 0.889. The van der Waals surface area contributed by atoms with E-state index >= 15 is 0 Å². The van der Waals surface area contributed by atoms with Crippen LogP contribution in [0.15, 0.2) is 0 Å². The van der Waals surface area contributed by atoms with Crippen LogP contribution in [0.5, 0.6) is 0 Å². The molecule has 1 saturated heterocycles. The van der Waals surface area contributed by atoms with Crippen LogP contribution in [-0.2, 0) is 9.53 Å². The Bertz CT molecular complexity index is 223. The van der Waals surface area contributed by atoms with Crippen LogP contribution in [0.1, 0.15) is 13.3 Å². The summed E-state index contributed by atoms with van der Waals surface area (Å²) >= 11 is 0. The number of nitrogens with one attached hydrogen (secondary N) is 1. The molecule has 1 aliphatic rings. The molecular weight excluding hydrogens is 202 g/mol. The average Bonchev–Trinajstić information content (AvgIpc) is 2.25. The number of aliphatic hydroxyl groups excluding tert-OH is 3. The van der Waals surface area contributed by atoms with E-state index in [1.54, 1.807) is 6.92 Å². The van der Waals surface area contributed by atoms with Crippen LogP contribution in [0.4, 0.5) is 0 Å². The van der Waals surface area contributed by atoms with Crippen molar-refractivity contribution in [2.24, 2.45) is 0 Å². The first-order valence-corrected chi connectivity index (χ1v) is 4.98. The van der Waals surface area contributed by atoms with Gasteiger partial charge >= 0.3 is 0 Å². The molecule has 15 heavy (non-hydrogen) atoms. The lowest BCUT2D eigenvalue weighted by molar-refractivity contribution is -0.164. The second kappa shape index (κ2) is 5.41. The third-order valence-corrected chi connectivity index (χ3v) is 2.48. The van der Waals surface area contributed by atoms with Crippen LogP contribution in [-0.4, -0.2) is 58.8 Å². The number of rotatable bonds is 3. The molecule has 0 spiro atoms. The molecule has 88 valence electrons. The monoisotopic (exact) mass is 219 g/mol. The number of hydrogen-bond donors (Lipinski definition) is 4. The van der Waals surface area contributed by atoms with Gasteiger partial charge in [0.1, 0.15) is 18.3 Å². The Balaban J connectivity index is 2.52. The predicted molar refractivity (Wildman–Crippen MR) is 51.1 cm³/mol. The summed E-state index contributed by atoms with van der Waals surface area (Å²) in [7, 11) is 0. The van der Waals surface area contributed by atoms with Gasteiger partial charge in [-0.25, -0.2) is 0 Å². The summed E-state index contributed by atoms with van der Waals surface area (Å²) in [5.74, 6) is -0.211. The molecule has 0 aromatic heterocycles. The second-order valence-electron chi connectivity index (χ2n) is 3.56. The van der Waals surface area contributed by atoms with Crippen molar-refractivity contribution in [1.82, 2.24) is 5.32 Å². The first-order valence-electron chi connectivity index (χ1n) is 4.98. The summed E-state index contributed by atoms with van der Waals surface area (Å²) in [5, 5.41) is 30.5.